The Morgan fingerprint density at radius 3 is 2.29 bits per heavy atom. The summed E-state index contributed by atoms with van der Waals surface area (Å²) in [5, 5.41) is 0. The van der Waals surface area contributed by atoms with Crippen molar-refractivity contribution in [2.45, 2.75) is 89.5 Å². The molecule has 0 bridgehead atoms. The van der Waals surface area contributed by atoms with Gasteiger partial charge in [0, 0.05) is 38.1 Å². The topological polar surface area (TPSA) is 23.6 Å². The summed E-state index contributed by atoms with van der Waals surface area (Å²) in [6, 6.07) is 4.12. The van der Waals surface area contributed by atoms with Gasteiger partial charge in [-0.1, -0.05) is 19.1 Å². The maximum atomic E-state index is 15.6. The van der Waals surface area contributed by atoms with Crippen LogP contribution in [0.15, 0.2) is 24.3 Å². The molecule has 2 heterocycles. The largest absolute Gasteiger partial charge is 0.416 e. The second-order valence-electron chi connectivity index (χ2n) is 11.8. The lowest BCUT2D eigenvalue weighted by molar-refractivity contribution is -0.144. The molecule has 2 saturated heterocycles. The van der Waals surface area contributed by atoms with E-state index in [9.17, 15) is 18.0 Å². The fourth-order valence-corrected chi connectivity index (χ4v) is 5.77. The third-order valence-corrected chi connectivity index (χ3v) is 8.17. The number of carbonyl (C=O) groups excluding carboxylic acids is 1. The highest BCUT2D eigenvalue weighted by Gasteiger charge is 2.49. The molecule has 4 rings (SSSR count). The van der Waals surface area contributed by atoms with E-state index in [-0.39, 0.29) is 24.4 Å². The van der Waals surface area contributed by atoms with Crippen LogP contribution in [0.5, 0.6) is 0 Å². The third-order valence-electron chi connectivity index (χ3n) is 8.17. The minimum atomic E-state index is -4.39. The van der Waals surface area contributed by atoms with Crippen LogP contribution in [0.4, 0.5) is 17.6 Å². The SMILES string of the molecule is CC1CC=C(c2cc(C(F)(F)F)ccc2C2CCN(C(=O)[C@@]3(F)CCN(C(C)(C)C)C3)CC2)CC1. The van der Waals surface area contributed by atoms with Crippen LogP contribution in [0.1, 0.15) is 88.8 Å². The Morgan fingerprint density at radius 2 is 1.74 bits per heavy atom. The van der Waals surface area contributed by atoms with Crippen molar-refractivity contribution in [3.05, 3.63) is 41.0 Å². The average molecular weight is 495 g/mol. The van der Waals surface area contributed by atoms with Crippen LogP contribution in [-0.4, -0.2) is 53.1 Å². The fourth-order valence-electron chi connectivity index (χ4n) is 5.77. The van der Waals surface area contributed by atoms with Crippen molar-refractivity contribution < 1.29 is 22.4 Å². The molecule has 0 N–H and O–H groups in total. The fraction of sp³-hybridized carbons (Fsp3) is 0.679. The van der Waals surface area contributed by atoms with Crippen molar-refractivity contribution in [1.29, 1.82) is 0 Å². The van der Waals surface area contributed by atoms with Gasteiger partial charge in [-0.25, -0.2) is 4.39 Å². The quantitative estimate of drug-likeness (QED) is 0.430. The molecule has 0 aromatic heterocycles. The van der Waals surface area contributed by atoms with E-state index in [1.54, 1.807) is 11.0 Å². The maximum Gasteiger partial charge on any atom is 0.416 e. The van der Waals surface area contributed by atoms with E-state index < -0.39 is 23.3 Å². The molecule has 3 nitrogen and oxygen atoms in total. The smallest absolute Gasteiger partial charge is 0.340 e. The van der Waals surface area contributed by atoms with Gasteiger partial charge in [-0.2, -0.15) is 13.2 Å². The number of carbonyl (C=O) groups is 1. The van der Waals surface area contributed by atoms with Crippen LogP contribution in [0.25, 0.3) is 5.57 Å². The van der Waals surface area contributed by atoms with Crippen molar-refractivity contribution in [3.8, 4) is 0 Å². The molecule has 2 atom stereocenters. The molecule has 1 aromatic rings. The average Bonchev–Trinajstić information content (AvgIpc) is 3.22. The minimum Gasteiger partial charge on any atom is -0.340 e. The first kappa shape index (κ1) is 26.2. The van der Waals surface area contributed by atoms with Crippen LogP contribution in [-0.2, 0) is 11.0 Å². The zero-order valence-electron chi connectivity index (χ0n) is 21.3. The molecule has 0 saturated carbocycles. The number of rotatable bonds is 3. The van der Waals surface area contributed by atoms with Gasteiger partial charge in [0.15, 0.2) is 0 Å². The first-order chi connectivity index (χ1) is 16.3. The summed E-state index contributed by atoms with van der Waals surface area (Å²) in [7, 11) is 0. The second kappa shape index (κ2) is 9.53. The van der Waals surface area contributed by atoms with Crippen molar-refractivity contribution >= 4 is 11.5 Å². The number of hydrogen-bond acceptors (Lipinski definition) is 2. The standard InChI is InChI=1S/C28H38F4N2O/c1-19-5-7-20(8-6-19)24-17-22(28(30,31)32)9-10-23(24)21-11-14-33(15-12-21)25(35)27(29)13-16-34(18-27)26(2,3)4/h7,9-10,17,19,21H,5-6,8,11-16,18H2,1-4H3/t19?,27-/m1/s1. The molecular weight excluding hydrogens is 456 g/mol. The summed E-state index contributed by atoms with van der Waals surface area (Å²) in [4.78, 5) is 16.8. The number of piperidine rings is 1. The van der Waals surface area contributed by atoms with Gasteiger partial charge in [-0.3, -0.25) is 9.69 Å². The molecule has 0 spiro atoms. The Kier molecular flexibility index (Phi) is 7.13. The molecule has 2 aliphatic heterocycles. The monoisotopic (exact) mass is 494 g/mol. The summed E-state index contributed by atoms with van der Waals surface area (Å²) in [6.07, 6.45) is 1.81. The Labute approximate surface area is 206 Å². The number of allylic oxidation sites excluding steroid dienone is 2. The number of halogens is 4. The van der Waals surface area contributed by atoms with Crippen molar-refractivity contribution in [2.24, 2.45) is 5.92 Å². The van der Waals surface area contributed by atoms with Gasteiger partial charge in [0.25, 0.3) is 5.91 Å². The van der Waals surface area contributed by atoms with Gasteiger partial charge in [0.05, 0.1) is 5.56 Å². The summed E-state index contributed by atoms with van der Waals surface area (Å²) >= 11 is 0. The van der Waals surface area contributed by atoms with Crippen LogP contribution >= 0.6 is 0 Å². The molecular formula is C28H38F4N2O. The highest BCUT2D eigenvalue weighted by atomic mass is 19.4. The number of benzene rings is 1. The van der Waals surface area contributed by atoms with E-state index in [0.29, 0.717) is 44.0 Å². The number of hydrogen-bond donors (Lipinski definition) is 0. The summed E-state index contributed by atoms with van der Waals surface area (Å²) in [5.74, 6) is 0.168. The Bertz CT molecular complexity index is 972. The van der Waals surface area contributed by atoms with Crippen molar-refractivity contribution in [2.75, 3.05) is 26.2 Å². The number of likely N-dealkylation sites (tertiary alicyclic amines) is 2. The maximum absolute atomic E-state index is 15.6. The van der Waals surface area contributed by atoms with Crippen LogP contribution in [0.2, 0.25) is 0 Å². The highest BCUT2D eigenvalue weighted by molar-refractivity contribution is 5.86. The lowest BCUT2D eigenvalue weighted by Crippen LogP contribution is -2.51. The minimum absolute atomic E-state index is 0.0572. The zero-order chi connectivity index (χ0) is 25.6. The molecule has 35 heavy (non-hydrogen) atoms. The summed E-state index contributed by atoms with van der Waals surface area (Å²) in [5.41, 5.74) is -0.0312. The van der Waals surface area contributed by atoms with Gasteiger partial charge >= 0.3 is 6.18 Å². The summed E-state index contributed by atoms with van der Waals surface area (Å²) < 4.78 is 56.1. The van der Waals surface area contributed by atoms with E-state index >= 15 is 4.39 Å². The Hall–Kier alpha value is -1.89. The second-order valence-corrected chi connectivity index (χ2v) is 11.8. The van der Waals surface area contributed by atoms with Gasteiger partial charge in [-0.15, -0.1) is 0 Å². The first-order valence-electron chi connectivity index (χ1n) is 12.9. The normalized spacial score (nSPS) is 27.3. The predicted octanol–water partition coefficient (Wildman–Crippen LogP) is 6.83. The van der Waals surface area contributed by atoms with E-state index in [1.165, 1.54) is 12.1 Å². The molecule has 1 unspecified atom stereocenters. The van der Waals surface area contributed by atoms with Gasteiger partial charge in [0.2, 0.25) is 5.67 Å². The molecule has 194 valence electrons. The van der Waals surface area contributed by atoms with E-state index in [0.717, 1.165) is 30.4 Å². The van der Waals surface area contributed by atoms with E-state index in [1.807, 2.05) is 25.7 Å². The van der Waals surface area contributed by atoms with E-state index in [2.05, 4.69) is 13.0 Å². The van der Waals surface area contributed by atoms with Crippen LogP contribution in [0, 0.1) is 5.92 Å². The summed E-state index contributed by atoms with van der Waals surface area (Å²) in [6.45, 7) is 9.78. The Morgan fingerprint density at radius 1 is 1.06 bits per heavy atom. The van der Waals surface area contributed by atoms with Crippen molar-refractivity contribution in [3.63, 3.8) is 0 Å². The highest BCUT2D eigenvalue weighted by Crippen LogP contribution is 2.41. The Balaban J connectivity index is 1.50. The molecule has 1 aromatic carbocycles. The first-order valence-corrected chi connectivity index (χ1v) is 12.9. The van der Waals surface area contributed by atoms with Crippen LogP contribution in [0.3, 0.4) is 0 Å². The number of amides is 1. The van der Waals surface area contributed by atoms with Crippen LogP contribution < -0.4 is 0 Å². The molecule has 2 fully saturated rings. The van der Waals surface area contributed by atoms with Gasteiger partial charge in [-0.05, 0) is 93.5 Å². The number of nitrogens with zero attached hydrogens (tertiary/aromatic N) is 2. The van der Waals surface area contributed by atoms with E-state index in [4.69, 9.17) is 0 Å². The van der Waals surface area contributed by atoms with Gasteiger partial charge < -0.3 is 4.90 Å². The molecule has 7 heteroatoms. The lowest BCUT2D eigenvalue weighted by atomic mass is 9.80. The van der Waals surface area contributed by atoms with Gasteiger partial charge in [0.1, 0.15) is 0 Å². The molecule has 3 aliphatic rings. The zero-order valence-corrected chi connectivity index (χ0v) is 21.3. The predicted molar refractivity (Wildman–Crippen MR) is 131 cm³/mol. The third kappa shape index (κ3) is 5.60. The molecule has 1 amide bonds. The molecule has 0 radical (unpaired) electrons. The van der Waals surface area contributed by atoms with Crippen molar-refractivity contribution in [1.82, 2.24) is 9.80 Å². The lowest BCUT2D eigenvalue weighted by Gasteiger charge is -2.37. The number of alkyl halides is 4. The molecule has 1 aliphatic carbocycles.